The van der Waals surface area contributed by atoms with Gasteiger partial charge in [0, 0.05) is 18.2 Å². The highest BCUT2D eigenvalue weighted by Crippen LogP contribution is 2.39. The lowest BCUT2D eigenvalue weighted by Gasteiger charge is -2.30. The van der Waals surface area contributed by atoms with E-state index < -0.39 is 6.23 Å². The van der Waals surface area contributed by atoms with Gasteiger partial charge in [-0.25, -0.2) is 0 Å². The molecule has 2 N–H and O–H groups in total. The fourth-order valence-corrected chi connectivity index (χ4v) is 3.53. The summed E-state index contributed by atoms with van der Waals surface area (Å²) in [5.41, 5.74) is 6.23. The number of nitrogens with one attached hydrogen (secondary N) is 1. The molecule has 6 heteroatoms. The minimum atomic E-state index is -0.842. The number of nitriles is 1. The Morgan fingerprint density at radius 1 is 1.22 bits per heavy atom. The molecule has 1 unspecified atom stereocenters. The molecule has 6 nitrogen and oxygen atoms in total. The lowest BCUT2D eigenvalue weighted by Crippen LogP contribution is -2.27. The molecule has 3 aromatic rings. The lowest BCUT2D eigenvalue weighted by molar-refractivity contribution is 0.170. The number of hydrogen-bond donors (Lipinski definition) is 2. The van der Waals surface area contributed by atoms with Gasteiger partial charge in [-0.1, -0.05) is 18.2 Å². The summed E-state index contributed by atoms with van der Waals surface area (Å²) in [6, 6.07) is 13.8. The zero-order valence-corrected chi connectivity index (χ0v) is 15.6. The van der Waals surface area contributed by atoms with Crippen molar-refractivity contribution in [3.63, 3.8) is 0 Å². The molecule has 0 amide bonds. The number of aryl methyl sites for hydroxylation is 3. The number of rotatable bonds is 2. The van der Waals surface area contributed by atoms with Gasteiger partial charge < -0.3 is 15.3 Å². The Morgan fingerprint density at radius 2 is 2.04 bits per heavy atom. The zero-order chi connectivity index (χ0) is 19.1. The number of aliphatic hydroxyl groups excluding tert-OH is 1. The van der Waals surface area contributed by atoms with Crippen molar-refractivity contribution in [2.75, 3.05) is 10.2 Å². The van der Waals surface area contributed by atoms with Crippen molar-refractivity contribution in [2.45, 2.75) is 26.6 Å². The molecule has 0 saturated heterocycles. The molecular weight excluding hydrogens is 338 g/mol. The van der Waals surface area contributed by atoms with Crippen LogP contribution in [0.4, 0.5) is 17.2 Å². The molecule has 0 aliphatic carbocycles. The van der Waals surface area contributed by atoms with Gasteiger partial charge in [0.1, 0.15) is 5.82 Å². The number of anilines is 3. The number of aliphatic hydroxyl groups is 1. The molecule has 0 saturated carbocycles. The Balaban J connectivity index is 1.81. The Labute approximate surface area is 158 Å². The Kier molecular flexibility index (Phi) is 4.09. The normalized spacial score (nSPS) is 13.8. The number of fused-ring (bicyclic) bond motifs is 2. The van der Waals surface area contributed by atoms with Gasteiger partial charge in [0.15, 0.2) is 6.23 Å². The van der Waals surface area contributed by atoms with E-state index in [1.54, 1.807) is 6.07 Å². The molecule has 1 atom stereocenters. The summed E-state index contributed by atoms with van der Waals surface area (Å²) in [5.74, 6) is 0.924. The molecule has 0 fully saturated rings. The van der Waals surface area contributed by atoms with Crippen LogP contribution in [0.15, 0.2) is 42.6 Å². The van der Waals surface area contributed by atoms with Crippen LogP contribution >= 0.6 is 0 Å². The first-order valence-corrected chi connectivity index (χ1v) is 8.82. The third-order valence-corrected chi connectivity index (χ3v) is 5.03. The zero-order valence-electron chi connectivity index (χ0n) is 15.6. The van der Waals surface area contributed by atoms with Gasteiger partial charge >= 0.3 is 0 Å². The second-order valence-electron chi connectivity index (χ2n) is 6.98. The Morgan fingerprint density at radius 3 is 2.78 bits per heavy atom. The van der Waals surface area contributed by atoms with Crippen LogP contribution in [0.5, 0.6) is 0 Å². The quantitative estimate of drug-likeness (QED) is 0.730. The van der Waals surface area contributed by atoms with Crippen LogP contribution in [0, 0.1) is 25.2 Å². The fourth-order valence-electron chi connectivity index (χ4n) is 3.53. The van der Waals surface area contributed by atoms with Crippen molar-refractivity contribution in [3.05, 3.63) is 70.4 Å². The molecule has 27 heavy (non-hydrogen) atoms. The number of nitrogens with zero attached hydrogens (tertiary/aromatic N) is 4. The summed E-state index contributed by atoms with van der Waals surface area (Å²) in [4.78, 5) is 1.95. The van der Waals surface area contributed by atoms with E-state index in [-0.39, 0.29) is 0 Å². The number of aromatic nitrogens is 2. The summed E-state index contributed by atoms with van der Waals surface area (Å²) in [5, 5.41) is 28.2. The first-order chi connectivity index (χ1) is 13.0. The van der Waals surface area contributed by atoms with Crippen LogP contribution in [0.25, 0.3) is 0 Å². The molecule has 0 radical (unpaired) electrons. The van der Waals surface area contributed by atoms with E-state index in [1.165, 1.54) is 0 Å². The van der Waals surface area contributed by atoms with E-state index in [2.05, 4.69) is 22.6 Å². The van der Waals surface area contributed by atoms with Crippen molar-refractivity contribution in [1.82, 2.24) is 9.78 Å². The van der Waals surface area contributed by atoms with Gasteiger partial charge in [0.05, 0.1) is 35.7 Å². The van der Waals surface area contributed by atoms with Crippen LogP contribution < -0.4 is 10.2 Å². The van der Waals surface area contributed by atoms with Crippen molar-refractivity contribution in [1.29, 1.82) is 5.26 Å². The SMILES string of the molecule is Cc1ccc2c(c1)Nc1c(cnn1C)CN2C(O)c1ccc(C#N)c(C)c1. The average molecular weight is 359 g/mol. The number of hydrogen-bond acceptors (Lipinski definition) is 5. The smallest absolute Gasteiger partial charge is 0.153 e. The highest BCUT2D eigenvalue weighted by Gasteiger charge is 2.27. The first-order valence-electron chi connectivity index (χ1n) is 8.82. The fraction of sp³-hybridized carbons (Fsp3) is 0.238. The minimum Gasteiger partial charge on any atom is -0.369 e. The maximum atomic E-state index is 11.2. The predicted octanol–water partition coefficient (Wildman–Crippen LogP) is 3.66. The largest absolute Gasteiger partial charge is 0.369 e. The van der Waals surface area contributed by atoms with Gasteiger partial charge in [0.2, 0.25) is 0 Å². The van der Waals surface area contributed by atoms with Crippen LogP contribution in [-0.2, 0) is 13.6 Å². The maximum Gasteiger partial charge on any atom is 0.153 e. The summed E-state index contributed by atoms with van der Waals surface area (Å²) in [6.45, 7) is 4.45. The topological polar surface area (TPSA) is 77.1 Å². The van der Waals surface area contributed by atoms with Gasteiger partial charge in [-0.15, -0.1) is 0 Å². The molecule has 1 aliphatic heterocycles. The molecule has 0 bridgehead atoms. The molecular formula is C21H21N5O. The third kappa shape index (κ3) is 2.92. The lowest BCUT2D eigenvalue weighted by atomic mass is 10.0. The summed E-state index contributed by atoms with van der Waals surface area (Å²) in [6.07, 6.45) is 0.982. The Bertz CT molecular complexity index is 1060. The molecule has 136 valence electrons. The van der Waals surface area contributed by atoms with E-state index in [9.17, 15) is 5.11 Å². The monoisotopic (exact) mass is 359 g/mol. The molecule has 1 aliphatic rings. The van der Waals surface area contributed by atoms with Crippen LogP contribution in [0.3, 0.4) is 0 Å². The van der Waals surface area contributed by atoms with E-state index in [0.29, 0.717) is 12.1 Å². The summed E-state index contributed by atoms with van der Waals surface area (Å²) >= 11 is 0. The first kappa shape index (κ1) is 17.1. The maximum absolute atomic E-state index is 11.2. The van der Waals surface area contributed by atoms with Crippen molar-refractivity contribution in [2.24, 2.45) is 7.05 Å². The Hall–Kier alpha value is -3.30. The van der Waals surface area contributed by atoms with Crippen molar-refractivity contribution in [3.8, 4) is 6.07 Å². The highest BCUT2D eigenvalue weighted by molar-refractivity contribution is 5.78. The second-order valence-corrected chi connectivity index (χ2v) is 6.98. The van der Waals surface area contributed by atoms with Gasteiger partial charge in [-0.05, 0) is 43.2 Å². The summed E-state index contributed by atoms with van der Waals surface area (Å²) < 4.78 is 1.81. The molecule has 0 spiro atoms. The van der Waals surface area contributed by atoms with Gasteiger partial charge in [-0.2, -0.15) is 10.4 Å². The van der Waals surface area contributed by atoms with E-state index in [0.717, 1.165) is 39.4 Å². The molecule has 2 heterocycles. The van der Waals surface area contributed by atoms with Crippen LogP contribution in [-0.4, -0.2) is 14.9 Å². The second kappa shape index (κ2) is 6.45. The minimum absolute atomic E-state index is 0.520. The summed E-state index contributed by atoms with van der Waals surface area (Å²) in [7, 11) is 1.90. The molecule has 1 aromatic heterocycles. The van der Waals surface area contributed by atoms with E-state index in [4.69, 9.17) is 5.26 Å². The van der Waals surface area contributed by atoms with Crippen molar-refractivity contribution < 1.29 is 5.11 Å². The van der Waals surface area contributed by atoms with Gasteiger partial charge in [-0.3, -0.25) is 4.68 Å². The average Bonchev–Trinajstić information content (AvgIpc) is 2.90. The van der Waals surface area contributed by atoms with Gasteiger partial charge in [0.25, 0.3) is 0 Å². The molecule has 2 aromatic carbocycles. The van der Waals surface area contributed by atoms with Crippen molar-refractivity contribution >= 4 is 17.2 Å². The van der Waals surface area contributed by atoms with Crippen LogP contribution in [0.1, 0.15) is 34.0 Å². The standard InChI is InChI=1S/C21H21N5O/c1-13-4-7-19-18(8-13)24-20-17(11-23-25(20)3)12-26(19)21(27)15-5-6-16(10-22)14(2)9-15/h4-9,11,21,24,27H,12H2,1-3H3. The number of benzene rings is 2. The highest BCUT2D eigenvalue weighted by atomic mass is 16.3. The third-order valence-electron chi connectivity index (χ3n) is 5.03. The van der Waals surface area contributed by atoms with E-state index in [1.807, 2.05) is 60.9 Å². The van der Waals surface area contributed by atoms with E-state index >= 15 is 0 Å². The van der Waals surface area contributed by atoms with Crippen LogP contribution in [0.2, 0.25) is 0 Å². The molecule has 4 rings (SSSR count). The predicted molar refractivity (Wildman–Crippen MR) is 105 cm³/mol.